The van der Waals surface area contributed by atoms with Gasteiger partial charge in [-0.1, -0.05) is 78.5 Å². The summed E-state index contributed by atoms with van der Waals surface area (Å²) in [5.41, 5.74) is 3.55. The van der Waals surface area contributed by atoms with Gasteiger partial charge in [0.25, 0.3) is 5.91 Å². The molecular weight excluding hydrogens is 723 g/mol. The number of thiazole rings is 1. The van der Waals surface area contributed by atoms with Gasteiger partial charge in [0.05, 0.1) is 11.0 Å². The molecule has 2 heterocycles. The number of phenolic OH excluding ortho intramolecular Hbond substituents is 1. The van der Waals surface area contributed by atoms with Crippen molar-refractivity contribution in [3.8, 4) is 5.75 Å². The van der Waals surface area contributed by atoms with E-state index < -0.39 is 6.04 Å². The summed E-state index contributed by atoms with van der Waals surface area (Å²) >= 11 is 1.35. The van der Waals surface area contributed by atoms with Crippen molar-refractivity contribution in [1.29, 1.82) is 0 Å². The number of benzene rings is 1. The molecule has 14 nitrogen and oxygen atoms in total. The summed E-state index contributed by atoms with van der Waals surface area (Å²) in [5.74, 6) is 3.57. The molecule has 1 aliphatic rings. The maximum absolute atomic E-state index is 13.9. The van der Waals surface area contributed by atoms with Gasteiger partial charge in [0.2, 0.25) is 17.7 Å². The third-order valence-electron chi connectivity index (χ3n) is 9.09. The quantitative estimate of drug-likeness (QED) is 0.0447. The van der Waals surface area contributed by atoms with Crippen LogP contribution < -0.4 is 21.9 Å². The second kappa shape index (κ2) is 27.5. The summed E-state index contributed by atoms with van der Waals surface area (Å²) in [6.07, 6.45) is 7.05. The molecule has 1 fully saturated rings. The molecule has 4 unspecified atom stereocenters. The van der Waals surface area contributed by atoms with Crippen molar-refractivity contribution in [3.63, 3.8) is 0 Å². The minimum atomic E-state index is -0.749. The van der Waals surface area contributed by atoms with Crippen LogP contribution in [0.1, 0.15) is 120 Å². The van der Waals surface area contributed by atoms with E-state index in [1.54, 1.807) is 24.4 Å². The third kappa shape index (κ3) is 18.9. The Morgan fingerprint density at radius 3 is 2.35 bits per heavy atom. The predicted octanol–water partition coefficient (Wildman–Crippen LogP) is 5.08. The predicted molar refractivity (Wildman–Crippen MR) is 217 cm³/mol. The van der Waals surface area contributed by atoms with Crippen LogP contribution in [0.15, 0.2) is 29.6 Å². The van der Waals surface area contributed by atoms with Crippen molar-refractivity contribution < 1.29 is 33.8 Å². The summed E-state index contributed by atoms with van der Waals surface area (Å²) in [5, 5.41) is 16.9. The minimum Gasteiger partial charge on any atom is -0.508 e. The van der Waals surface area contributed by atoms with Crippen molar-refractivity contribution in [1.82, 2.24) is 30.8 Å². The van der Waals surface area contributed by atoms with Crippen LogP contribution in [0.25, 0.3) is 0 Å². The lowest BCUT2D eigenvalue weighted by molar-refractivity contribution is -0.155. The number of likely N-dealkylation sites (tertiary alicyclic amines) is 1. The highest BCUT2D eigenvalue weighted by atomic mass is 32.1. The summed E-state index contributed by atoms with van der Waals surface area (Å²) in [6.45, 7) is 15.0. The molecule has 1 aromatic carbocycles. The Morgan fingerprint density at radius 2 is 1.76 bits per heavy atom. The zero-order valence-corrected chi connectivity index (χ0v) is 35.1. The molecule has 3 rings (SSSR count). The van der Waals surface area contributed by atoms with Crippen LogP contribution in [0.5, 0.6) is 5.75 Å². The zero-order valence-electron chi connectivity index (χ0n) is 34.3. The van der Waals surface area contributed by atoms with Gasteiger partial charge < -0.3 is 25.4 Å². The smallest absolute Gasteiger partial charge is 0.307 e. The molecule has 0 spiro atoms. The summed E-state index contributed by atoms with van der Waals surface area (Å²) in [4.78, 5) is 71.3. The monoisotopic (exact) mass is 789 g/mol. The lowest BCUT2D eigenvalue weighted by atomic mass is 9.96. The number of nitrogens with zero attached hydrogens (tertiary/aromatic N) is 3. The molecule has 55 heavy (non-hydrogen) atoms. The molecule has 4 atom stereocenters. The first-order valence-corrected chi connectivity index (χ1v) is 20.5. The average molecular weight is 790 g/mol. The summed E-state index contributed by atoms with van der Waals surface area (Å²) in [6, 6.07) is 6.07. The number of piperidine rings is 1. The number of esters is 1. The number of ether oxygens (including phenoxy) is 1. The summed E-state index contributed by atoms with van der Waals surface area (Å²) in [7, 11) is 1.93. The van der Waals surface area contributed by atoms with Crippen molar-refractivity contribution in [2.24, 2.45) is 17.7 Å². The number of nitrogens with two attached hydrogens (primary N) is 1. The van der Waals surface area contributed by atoms with Crippen LogP contribution in [0.2, 0.25) is 0 Å². The third-order valence-corrected chi connectivity index (χ3v) is 10.00. The van der Waals surface area contributed by atoms with Crippen molar-refractivity contribution in [2.75, 3.05) is 33.4 Å². The van der Waals surface area contributed by atoms with Gasteiger partial charge in [-0.15, -0.1) is 11.3 Å². The van der Waals surface area contributed by atoms with Gasteiger partial charge in [-0.25, -0.2) is 10.8 Å². The van der Waals surface area contributed by atoms with Crippen LogP contribution in [0.4, 0.5) is 0 Å². The fourth-order valence-corrected chi connectivity index (χ4v) is 6.28. The number of hydrogen-bond acceptors (Lipinski definition) is 11. The molecule has 310 valence electrons. The average Bonchev–Trinajstić information content (AvgIpc) is 3.65. The number of likely N-dealkylation sites (N-methyl/N-ethyl adjacent to an activating group) is 1. The van der Waals surface area contributed by atoms with Crippen molar-refractivity contribution >= 4 is 40.9 Å². The van der Waals surface area contributed by atoms with Crippen LogP contribution in [0, 0.1) is 18.8 Å². The molecule has 0 saturated carbocycles. The van der Waals surface area contributed by atoms with E-state index in [0.717, 1.165) is 30.8 Å². The zero-order chi connectivity index (χ0) is 41.3. The lowest BCUT2D eigenvalue weighted by Crippen LogP contribution is -2.57. The molecule has 0 bridgehead atoms. The normalized spacial score (nSPS) is 15.4. The largest absolute Gasteiger partial charge is 0.508 e. The number of carbonyl (C=O) groups excluding carboxylic acids is 5. The summed E-state index contributed by atoms with van der Waals surface area (Å²) < 4.78 is 5.43. The number of amides is 4. The molecule has 0 aliphatic carbocycles. The van der Waals surface area contributed by atoms with Crippen LogP contribution in [-0.4, -0.2) is 95.0 Å². The first-order chi connectivity index (χ1) is 26.2. The van der Waals surface area contributed by atoms with E-state index in [9.17, 15) is 24.0 Å². The number of rotatable bonds is 18. The Kier molecular flexibility index (Phi) is 24.5. The van der Waals surface area contributed by atoms with Gasteiger partial charge in [0.1, 0.15) is 17.5 Å². The first-order valence-electron chi connectivity index (χ1n) is 19.7. The lowest BCUT2D eigenvalue weighted by Gasteiger charge is -2.35. The Bertz CT molecular complexity index is 1420. The fourth-order valence-electron chi connectivity index (χ4n) is 5.46. The molecule has 0 radical (unpaired) electrons. The van der Waals surface area contributed by atoms with E-state index >= 15 is 0 Å². The number of hydrazine groups is 1. The highest BCUT2D eigenvalue weighted by molar-refractivity contribution is 7.09. The van der Waals surface area contributed by atoms with Crippen LogP contribution in [0.3, 0.4) is 0 Å². The van der Waals surface area contributed by atoms with Gasteiger partial charge in [0.15, 0.2) is 6.73 Å². The molecule has 4 amide bonds. The molecule has 1 aromatic heterocycles. The SMILES string of the molecule is CCC.CCCC(=O)OCN(CCCc1nc(C(=O)NCCC(C)C(=O)NN)cs1)C(=O)C(NC(=O)C1CCCCN1C)C(C)CC.Cc1ccc(O)cc1. The van der Waals surface area contributed by atoms with Gasteiger partial charge in [-0.3, -0.25) is 34.3 Å². The molecule has 1 saturated heterocycles. The van der Waals surface area contributed by atoms with E-state index in [4.69, 9.17) is 15.7 Å². The van der Waals surface area contributed by atoms with E-state index in [2.05, 4.69) is 34.9 Å². The van der Waals surface area contributed by atoms with Gasteiger partial charge in [-0.2, -0.15) is 0 Å². The molecular formula is C40H67N7O7S. The number of phenols is 1. The maximum Gasteiger partial charge on any atom is 0.307 e. The first kappa shape index (κ1) is 48.9. The fraction of sp³-hybridized carbons (Fsp3) is 0.650. The number of aromatic nitrogens is 1. The van der Waals surface area contributed by atoms with Gasteiger partial charge in [-0.05, 0) is 70.7 Å². The minimum absolute atomic E-state index is 0.123. The van der Waals surface area contributed by atoms with E-state index in [-0.39, 0.29) is 72.9 Å². The second-order valence-corrected chi connectivity index (χ2v) is 15.0. The molecule has 6 N–H and O–H groups in total. The topological polar surface area (TPSA) is 196 Å². The standard InChI is InChI=1S/C30H51N7O6S.C7H8O.C3H8/c1-6-11-25(38)43-19-37(30(42)26(20(3)7-2)34-29(41)23-12-8-9-16-36(23)5)17-10-13-24-33-22(18-44-24)28(40)32-15-14-21(4)27(39)35-31;1-6-2-4-7(8)5-3-6;1-3-2/h18,20-21,23,26H,6-17,19,31H2,1-5H3,(H,32,40)(H,34,41)(H,35,39);2-5,8H,1H3;3H2,1-2H3. The van der Waals surface area contributed by atoms with Crippen molar-refractivity contribution in [3.05, 3.63) is 45.9 Å². The molecule has 1 aliphatic heterocycles. The number of nitrogens with one attached hydrogen (secondary N) is 3. The molecule has 15 heteroatoms. The van der Waals surface area contributed by atoms with Crippen LogP contribution >= 0.6 is 11.3 Å². The van der Waals surface area contributed by atoms with E-state index in [1.165, 1.54) is 28.2 Å². The van der Waals surface area contributed by atoms with E-state index in [1.807, 2.05) is 51.8 Å². The Balaban J connectivity index is 0.00000118. The van der Waals surface area contributed by atoms with Gasteiger partial charge in [0, 0.05) is 37.2 Å². The Morgan fingerprint density at radius 1 is 1.09 bits per heavy atom. The number of aromatic hydroxyl groups is 1. The van der Waals surface area contributed by atoms with E-state index in [0.29, 0.717) is 44.4 Å². The highest BCUT2D eigenvalue weighted by Crippen LogP contribution is 2.19. The maximum atomic E-state index is 13.9. The van der Waals surface area contributed by atoms with Gasteiger partial charge >= 0.3 is 5.97 Å². The Hall–Kier alpha value is -4.08. The number of carbonyl (C=O) groups is 5. The molecule has 2 aromatic rings. The number of aryl methyl sites for hydroxylation is 2. The van der Waals surface area contributed by atoms with Crippen LogP contribution in [-0.2, 0) is 30.3 Å². The second-order valence-electron chi connectivity index (χ2n) is 14.1. The van der Waals surface area contributed by atoms with Crippen molar-refractivity contribution in [2.45, 2.75) is 125 Å². The highest BCUT2D eigenvalue weighted by Gasteiger charge is 2.34. The number of hydrogen-bond donors (Lipinski definition) is 5. The Labute approximate surface area is 332 Å².